The predicted octanol–water partition coefficient (Wildman–Crippen LogP) is 1.63. The van der Waals surface area contributed by atoms with Crippen LogP contribution in [-0.2, 0) is 9.59 Å². The normalized spacial score (nSPS) is 14.1. The molecule has 33 heavy (non-hydrogen) atoms. The Morgan fingerprint density at radius 3 is 2.18 bits per heavy atom. The van der Waals surface area contributed by atoms with Crippen LogP contribution in [0.1, 0.15) is 21.5 Å². The number of benzene rings is 1. The van der Waals surface area contributed by atoms with Crippen LogP contribution < -0.4 is 14.4 Å². The molecule has 176 valence electrons. The van der Waals surface area contributed by atoms with Crippen LogP contribution in [0.2, 0.25) is 0 Å². The fourth-order valence-corrected chi connectivity index (χ4v) is 3.92. The van der Waals surface area contributed by atoms with Crippen molar-refractivity contribution < 1.29 is 34.1 Å². The predicted molar refractivity (Wildman–Crippen MR) is 119 cm³/mol. The Morgan fingerprint density at radius 2 is 1.58 bits per heavy atom. The molecule has 1 aromatic heterocycles. The topological polar surface area (TPSA) is 130 Å². The van der Waals surface area contributed by atoms with Crippen LogP contribution in [-0.4, -0.2) is 83.8 Å². The van der Waals surface area contributed by atoms with E-state index in [1.807, 2.05) is 12.1 Å². The first-order valence-corrected chi connectivity index (χ1v) is 10.5. The third kappa shape index (κ3) is 6.19. The Hall–Kier alpha value is -3.66. The number of piperazine rings is 1. The van der Waals surface area contributed by atoms with Crippen LogP contribution in [0, 0.1) is 13.8 Å². The van der Waals surface area contributed by atoms with Gasteiger partial charge in [0.25, 0.3) is 0 Å². The number of carbonyl (C=O) groups excluding carboxylic acids is 1. The van der Waals surface area contributed by atoms with Crippen LogP contribution in [0.15, 0.2) is 30.6 Å². The number of Topliss-reactive ketones (excluding diaryl/α,β-unsaturated/α-hetero) is 1. The summed E-state index contributed by atoms with van der Waals surface area (Å²) in [5.74, 6) is -2.33. The first-order valence-electron chi connectivity index (χ1n) is 10.5. The van der Waals surface area contributed by atoms with Gasteiger partial charge in [0.1, 0.15) is 0 Å². The number of aryl methyl sites for hydroxylation is 1. The first kappa shape index (κ1) is 24.0. The molecule has 1 aliphatic rings. The number of hydrogen-bond donors (Lipinski definition) is 2. The molecule has 1 saturated heterocycles. The fourth-order valence-electron chi connectivity index (χ4n) is 3.92. The van der Waals surface area contributed by atoms with Crippen molar-refractivity contribution in [2.75, 3.05) is 50.8 Å². The zero-order valence-corrected chi connectivity index (χ0v) is 18.6. The van der Waals surface area contributed by atoms with Gasteiger partial charge in [-0.2, -0.15) is 0 Å². The Kier molecular flexibility index (Phi) is 7.83. The molecule has 0 aliphatic carbocycles. The second kappa shape index (κ2) is 10.8. The van der Waals surface area contributed by atoms with Gasteiger partial charge in [0, 0.05) is 55.4 Å². The van der Waals surface area contributed by atoms with E-state index in [0.29, 0.717) is 29.8 Å². The molecule has 0 radical (unpaired) electrons. The van der Waals surface area contributed by atoms with Gasteiger partial charge < -0.3 is 24.6 Å². The molecule has 1 fully saturated rings. The van der Waals surface area contributed by atoms with E-state index in [-0.39, 0.29) is 23.8 Å². The Labute approximate surface area is 191 Å². The smallest absolute Gasteiger partial charge is 0.341 e. The molecular formula is C23H27N3O7. The molecule has 0 amide bonds. The zero-order valence-electron chi connectivity index (χ0n) is 18.6. The quantitative estimate of drug-likeness (QED) is 0.508. The third-order valence-electron chi connectivity index (χ3n) is 5.42. The molecule has 10 heteroatoms. The second-order valence-electron chi connectivity index (χ2n) is 7.78. The number of anilines is 1. The van der Waals surface area contributed by atoms with Gasteiger partial charge >= 0.3 is 11.9 Å². The number of rotatable bonds is 10. The first-order chi connectivity index (χ1) is 15.8. The van der Waals surface area contributed by atoms with E-state index in [9.17, 15) is 14.4 Å². The number of carbonyl (C=O) groups is 3. The van der Waals surface area contributed by atoms with Crippen molar-refractivity contribution >= 4 is 23.4 Å². The molecule has 1 aliphatic heterocycles. The van der Waals surface area contributed by atoms with E-state index in [1.165, 1.54) is 6.07 Å². The highest BCUT2D eigenvalue weighted by Crippen LogP contribution is 2.36. The zero-order chi connectivity index (χ0) is 24.0. The van der Waals surface area contributed by atoms with Gasteiger partial charge in [-0.3, -0.25) is 14.7 Å². The molecule has 10 nitrogen and oxygen atoms in total. The van der Waals surface area contributed by atoms with Gasteiger partial charge in [-0.05, 0) is 37.6 Å². The van der Waals surface area contributed by atoms with Gasteiger partial charge in [-0.15, -0.1) is 0 Å². The molecule has 2 heterocycles. The molecule has 1 aromatic carbocycles. The number of aromatic nitrogens is 1. The number of ketones is 1. The summed E-state index contributed by atoms with van der Waals surface area (Å²) in [6.45, 7) is 5.33. The maximum atomic E-state index is 13.2. The summed E-state index contributed by atoms with van der Waals surface area (Å²) < 4.78 is 10.6. The number of aliphatic carboxylic acids is 2. The largest absolute Gasteiger partial charge is 0.479 e. The Balaban J connectivity index is 1.74. The average molecular weight is 457 g/mol. The lowest BCUT2D eigenvalue weighted by Crippen LogP contribution is -2.48. The van der Waals surface area contributed by atoms with Crippen molar-refractivity contribution in [1.82, 2.24) is 9.88 Å². The number of pyridine rings is 1. The lowest BCUT2D eigenvalue weighted by molar-refractivity contribution is -0.140. The van der Waals surface area contributed by atoms with Gasteiger partial charge in [-0.25, -0.2) is 9.59 Å². The summed E-state index contributed by atoms with van der Waals surface area (Å²) >= 11 is 0. The molecule has 2 aromatic rings. The summed E-state index contributed by atoms with van der Waals surface area (Å²) in [6.07, 6.45) is 3.51. The van der Waals surface area contributed by atoms with Gasteiger partial charge in [0.05, 0.1) is 6.54 Å². The molecule has 0 saturated carbocycles. The highest BCUT2D eigenvalue weighted by Gasteiger charge is 2.25. The van der Waals surface area contributed by atoms with E-state index < -0.39 is 25.2 Å². The van der Waals surface area contributed by atoms with Crippen molar-refractivity contribution in [3.8, 4) is 11.5 Å². The number of carboxylic acid groups (broad SMARTS) is 2. The van der Waals surface area contributed by atoms with E-state index in [0.717, 1.165) is 18.8 Å². The monoisotopic (exact) mass is 457 g/mol. The van der Waals surface area contributed by atoms with Crippen molar-refractivity contribution in [2.24, 2.45) is 0 Å². The highest BCUT2D eigenvalue weighted by atomic mass is 16.5. The Morgan fingerprint density at radius 1 is 0.970 bits per heavy atom. The number of carboxylic acids is 2. The Bertz CT molecular complexity index is 1020. The minimum absolute atomic E-state index is 0.0649. The minimum atomic E-state index is -1.20. The molecule has 0 atom stereocenters. The van der Waals surface area contributed by atoms with Crippen LogP contribution >= 0.6 is 0 Å². The minimum Gasteiger partial charge on any atom is -0.479 e. The van der Waals surface area contributed by atoms with E-state index in [1.54, 1.807) is 26.2 Å². The van der Waals surface area contributed by atoms with Crippen LogP contribution in [0.5, 0.6) is 11.5 Å². The van der Waals surface area contributed by atoms with Crippen molar-refractivity contribution in [3.05, 3.63) is 47.3 Å². The lowest BCUT2D eigenvalue weighted by atomic mass is 9.97. The average Bonchev–Trinajstić information content (AvgIpc) is 2.78. The number of nitrogens with zero attached hydrogens (tertiary/aromatic N) is 3. The molecular weight excluding hydrogens is 430 g/mol. The van der Waals surface area contributed by atoms with Crippen molar-refractivity contribution in [3.63, 3.8) is 0 Å². The maximum absolute atomic E-state index is 13.2. The SMILES string of the molecule is Cc1cc(OCC(=O)O)c(OCC(=O)O)c(C)c1C(=O)CN1CCN(c2ccncc2)CC1. The standard InChI is InChI=1S/C23H27N3O7/c1-15-11-19(32-13-20(28)29)23(33-14-21(30)31)16(2)22(15)18(27)12-25-7-9-26(10-8-25)17-3-5-24-6-4-17/h3-6,11H,7-10,12-14H2,1-2H3,(H,28,29)(H,30,31). The summed E-state index contributed by atoms with van der Waals surface area (Å²) in [7, 11) is 0. The summed E-state index contributed by atoms with van der Waals surface area (Å²) in [4.78, 5) is 43.5. The van der Waals surface area contributed by atoms with Crippen LogP contribution in [0.4, 0.5) is 5.69 Å². The summed E-state index contributed by atoms with van der Waals surface area (Å²) in [6, 6.07) is 5.43. The van der Waals surface area contributed by atoms with Crippen LogP contribution in [0.3, 0.4) is 0 Å². The highest BCUT2D eigenvalue weighted by molar-refractivity contribution is 6.01. The molecule has 0 unspecified atom stereocenters. The lowest BCUT2D eigenvalue weighted by Gasteiger charge is -2.35. The fraction of sp³-hybridized carbons (Fsp3) is 0.391. The molecule has 0 spiro atoms. The maximum Gasteiger partial charge on any atom is 0.341 e. The summed E-state index contributed by atoms with van der Waals surface area (Å²) in [5.41, 5.74) is 2.56. The van der Waals surface area contributed by atoms with E-state index in [4.69, 9.17) is 19.7 Å². The molecule has 0 bridgehead atoms. The van der Waals surface area contributed by atoms with E-state index >= 15 is 0 Å². The molecule has 2 N–H and O–H groups in total. The second-order valence-corrected chi connectivity index (χ2v) is 7.78. The van der Waals surface area contributed by atoms with Crippen LogP contribution in [0.25, 0.3) is 0 Å². The number of ether oxygens (including phenoxy) is 2. The summed E-state index contributed by atoms with van der Waals surface area (Å²) in [5, 5.41) is 17.9. The van der Waals surface area contributed by atoms with Crippen molar-refractivity contribution in [1.29, 1.82) is 0 Å². The van der Waals surface area contributed by atoms with Gasteiger partial charge in [-0.1, -0.05) is 0 Å². The van der Waals surface area contributed by atoms with E-state index in [2.05, 4.69) is 14.8 Å². The number of hydrogen-bond acceptors (Lipinski definition) is 8. The third-order valence-corrected chi connectivity index (χ3v) is 5.42. The van der Waals surface area contributed by atoms with Gasteiger partial charge in [0.15, 0.2) is 30.5 Å². The van der Waals surface area contributed by atoms with Crippen molar-refractivity contribution in [2.45, 2.75) is 13.8 Å². The molecule has 3 rings (SSSR count). The van der Waals surface area contributed by atoms with Gasteiger partial charge in [0.2, 0.25) is 0 Å².